The SMILES string of the molecule is CN(C)C(=O)[C@H](Cc1ccccc1)NC(=O)OCc1ccncc1.Cl. The first-order chi connectivity index (χ1) is 11.6. The topological polar surface area (TPSA) is 71.5 Å². The molecule has 0 aliphatic rings. The predicted octanol–water partition coefficient (Wildman–Crippen LogP) is 2.43. The van der Waals surface area contributed by atoms with E-state index in [1.165, 1.54) is 4.90 Å². The van der Waals surface area contributed by atoms with E-state index in [0.717, 1.165) is 11.1 Å². The molecule has 1 N–H and O–H groups in total. The quantitative estimate of drug-likeness (QED) is 0.855. The first kappa shape index (κ1) is 20.4. The summed E-state index contributed by atoms with van der Waals surface area (Å²) in [5, 5.41) is 2.65. The molecule has 0 aliphatic carbocycles. The van der Waals surface area contributed by atoms with Crippen LogP contribution >= 0.6 is 12.4 Å². The van der Waals surface area contributed by atoms with E-state index < -0.39 is 12.1 Å². The first-order valence-corrected chi connectivity index (χ1v) is 7.63. The number of amides is 2. The fraction of sp³-hybridized carbons (Fsp3) is 0.278. The Morgan fingerprint density at radius 2 is 1.72 bits per heavy atom. The molecule has 7 heteroatoms. The van der Waals surface area contributed by atoms with Crippen LogP contribution in [-0.4, -0.2) is 42.0 Å². The van der Waals surface area contributed by atoms with Crippen molar-refractivity contribution < 1.29 is 14.3 Å². The number of alkyl carbamates (subject to hydrolysis) is 1. The van der Waals surface area contributed by atoms with Crippen molar-refractivity contribution >= 4 is 24.4 Å². The van der Waals surface area contributed by atoms with Crippen LogP contribution in [0.5, 0.6) is 0 Å². The lowest BCUT2D eigenvalue weighted by Gasteiger charge is -2.21. The number of rotatable bonds is 6. The average molecular weight is 364 g/mol. The predicted molar refractivity (Wildman–Crippen MR) is 97.4 cm³/mol. The van der Waals surface area contributed by atoms with Gasteiger partial charge in [-0.3, -0.25) is 9.78 Å². The van der Waals surface area contributed by atoms with E-state index in [4.69, 9.17) is 4.74 Å². The highest BCUT2D eigenvalue weighted by Gasteiger charge is 2.23. The number of nitrogens with zero attached hydrogens (tertiary/aromatic N) is 2. The summed E-state index contributed by atoms with van der Waals surface area (Å²) in [6, 6.07) is 12.4. The number of pyridine rings is 1. The number of halogens is 1. The molecule has 1 aromatic heterocycles. The summed E-state index contributed by atoms with van der Waals surface area (Å²) < 4.78 is 5.18. The molecule has 1 aromatic carbocycles. The molecule has 2 rings (SSSR count). The number of carbonyl (C=O) groups is 2. The Morgan fingerprint density at radius 3 is 2.32 bits per heavy atom. The van der Waals surface area contributed by atoms with Gasteiger partial charge >= 0.3 is 6.09 Å². The van der Waals surface area contributed by atoms with Gasteiger partial charge in [0.1, 0.15) is 12.6 Å². The molecule has 6 nitrogen and oxygen atoms in total. The van der Waals surface area contributed by atoms with Crippen LogP contribution in [0.1, 0.15) is 11.1 Å². The molecule has 0 spiro atoms. The van der Waals surface area contributed by atoms with Crippen LogP contribution in [0.4, 0.5) is 4.79 Å². The first-order valence-electron chi connectivity index (χ1n) is 7.63. The summed E-state index contributed by atoms with van der Waals surface area (Å²) >= 11 is 0. The van der Waals surface area contributed by atoms with Gasteiger partial charge in [-0.1, -0.05) is 30.3 Å². The van der Waals surface area contributed by atoms with Crippen LogP contribution in [0.2, 0.25) is 0 Å². The van der Waals surface area contributed by atoms with Crippen LogP contribution in [0.25, 0.3) is 0 Å². The number of hydrogen-bond donors (Lipinski definition) is 1. The Kier molecular flexibility index (Phi) is 8.43. The summed E-state index contributed by atoms with van der Waals surface area (Å²) in [6.07, 6.45) is 3.04. The fourth-order valence-electron chi connectivity index (χ4n) is 2.17. The van der Waals surface area contributed by atoms with Crippen molar-refractivity contribution in [3.63, 3.8) is 0 Å². The van der Waals surface area contributed by atoms with Crippen molar-refractivity contribution in [2.75, 3.05) is 14.1 Å². The smallest absolute Gasteiger partial charge is 0.408 e. The highest BCUT2D eigenvalue weighted by atomic mass is 35.5. The second-order valence-electron chi connectivity index (χ2n) is 5.55. The molecule has 25 heavy (non-hydrogen) atoms. The van der Waals surface area contributed by atoms with E-state index in [2.05, 4.69) is 10.3 Å². The zero-order valence-corrected chi connectivity index (χ0v) is 15.0. The standard InChI is InChI=1S/C18H21N3O3.ClH/c1-21(2)17(22)16(12-14-6-4-3-5-7-14)20-18(23)24-13-15-8-10-19-11-9-15;/h3-11,16H,12-13H2,1-2H3,(H,20,23);1H/t16-;/m0./s1. The van der Waals surface area contributed by atoms with Crippen LogP contribution in [-0.2, 0) is 22.6 Å². The molecule has 0 aliphatic heterocycles. The van der Waals surface area contributed by atoms with Crippen molar-refractivity contribution in [3.05, 3.63) is 66.0 Å². The molecule has 0 bridgehead atoms. The van der Waals surface area contributed by atoms with Gasteiger partial charge in [-0.05, 0) is 23.3 Å². The van der Waals surface area contributed by atoms with Gasteiger partial charge in [0, 0.05) is 32.9 Å². The van der Waals surface area contributed by atoms with E-state index in [-0.39, 0.29) is 24.9 Å². The Labute approximate surface area is 153 Å². The van der Waals surface area contributed by atoms with E-state index in [1.807, 2.05) is 30.3 Å². The number of likely N-dealkylation sites (N-methyl/N-ethyl adjacent to an activating group) is 1. The van der Waals surface area contributed by atoms with Gasteiger partial charge in [0.2, 0.25) is 5.91 Å². The van der Waals surface area contributed by atoms with E-state index in [1.54, 1.807) is 38.6 Å². The summed E-state index contributed by atoms with van der Waals surface area (Å²) in [7, 11) is 3.31. The number of ether oxygens (including phenoxy) is 1. The van der Waals surface area contributed by atoms with Gasteiger partial charge < -0.3 is 15.0 Å². The summed E-state index contributed by atoms with van der Waals surface area (Å²) in [5.74, 6) is -0.181. The minimum Gasteiger partial charge on any atom is -0.445 e. The number of hydrogen-bond acceptors (Lipinski definition) is 4. The van der Waals surface area contributed by atoms with Crippen molar-refractivity contribution in [3.8, 4) is 0 Å². The van der Waals surface area contributed by atoms with Crippen molar-refractivity contribution in [2.45, 2.75) is 19.1 Å². The molecular formula is C18H22ClN3O3. The lowest BCUT2D eigenvalue weighted by atomic mass is 10.1. The van der Waals surface area contributed by atoms with E-state index >= 15 is 0 Å². The molecule has 0 fully saturated rings. The molecule has 2 amide bonds. The normalized spacial score (nSPS) is 11.0. The Bertz CT molecular complexity index is 666. The minimum absolute atomic E-state index is 0. The van der Waals surface area contributed by atoms with Crippen LogP contribution in [0.3, 0.4) is 0 Å². The molecule has 0 saturated heterocycles. The van der Waals surface area contributed by atoms with Gasteiger partial charge in [0.25, 0.3) is 0 Å². The largest absolute Gasteiger partial charge is 0.445 e. The monoisotopic (exact) mass is 363 g/mol. The fourth-order valence-corrected chi connectivity index (χ4v) is 2.17. The summed E-state index contributed by atoms with van der Waals surface area (Å²) in [6.45, 7) is 0.128. The third kappa shape index (κ3) is 6.81. The average Bonchev–Trinajstić information content (AvgIpc) is 2.60. The minimum atomic E-state index is -0.674. The van der Waals surface area contributed by atoms with Gasteiger partial charge in [-0.15, -0.1) is 12.4 Å². The summed E-state index contributed by atoms with van der Waals surface area (Å²) in [4.78, 5) is 29.7. The van der Waals surface area contributed by atoms with Crippen LogP contribution < -0.4 is 5.32 Å². The Balaban J connectivity index is 0.00000312. The third-order valence-corrected chi connectivity index (χ3v) is 3.43. The molecular weight excluding hydrogens is 342 g/mol. The molecule has 2 aromatic rings. The van der Waals surface area contributed by atoms with Gasteiger partial charge in [-0.2, -0.15) is 0 Å². The lowest BCUT2D eigenvalue weighted by molar-refractivity contribution is -0.130. The maximum atomic E-state index is 12.3. The van der Waals surface area contributed by atoms with E-state index in [0.29, 0.717) is 6.42 Å². The number of carbonyl (C=O) groups excluding carboxylic acids is 2. The van der Waals surface area contributed by atoms with Gasteiger partial charge in [0.05, 0.1) is 0 Å². The molecule has 134 valence electrons. The second kappa shape index (κ2) is 10.3. The Hall–Kier alpha value is -2.60. The number of benzene rings is 1. The Morgan fingerprint density at radius 1 is 1.08 bits per heavy atom. The molecule has 0 unspecified atom stereocenters. The maximum absolute atomic E-state index is 12.3. The lowest BCUT2D eigenvalue weighted by Crippen LogP contribution is -2.47. The van der Waals surface area contributed by atoms with E-state index in [9.17, 15) is 9.59 Å². The van der Waals surface area contributed by atoms with Gasteiger partial charge in [0.15, 0.2) is 0 Å². The zero-order valence-electron chi connectivity index (χ0n) is 14.2. The molecule has 1 atom stereocenters. The van der Waals surface area contributed by atoms with Crippen molar-refractivity contribution in [1.82, 2.24) is 15.2 Å². The van der Waals surface area contributed by atoms with Crippen LogP contribution in [0.15, 0.2) is 54.9 Å². The molecule has 1 heterocycles. The highest BCUT2D eigenvalue weighted by molar-refractivity contribution is 5.86. The van der Waals surface area contributed by atoms with Crippen molar-refractivity contribution in [2.24, 2.45) is 0 Å². The number of nitrogens with one attached hydrogen (secondary N) is 1. The maximum Gasteiger partial charge on any atom is 0.408 e. The van der Waals surface area contributed by atoms with Crippen molar-refractivity contribution in [1.29, 1.82) is 0 Å². The summed E-state index contributed by atoms with van der Waals surface area (Å²) in [5.41, 5.74) is 1.80. The second-order valence-corrected chi connectivity index (χ2v) is 5.55. The molecule has 0 radical (unpaired) electrons. The molecule has 0 saturated carbocycles. The van der Waals surface area contributed by atoms with Crippen LogP contribution in [0, 0.1) is 0 Å². The third-order valence-electron chi connectivity index (χ3n) is 3.43. The van der Waals surface area contributed by atoms with Gasteiger partial charge in [-0.25, -0.2) is 4.79 Å². The highest BCUT2D eigenvalue weighted by Crippen LogP contribution is 2.06. The zero-order chi connectivity index (χ0) is 17.4. The number of aromatic nitrogens is 1.